The smallest absolute Gasteiger partial charge is 0.145 e. The SMILES string of the molecule is CN=C(c1ccc(-c2c3ccccc3c(-c3ccc(-c4nc5ccccc5n4-c4ccccc4)cc3)c3ccccc23)cc1)N(c1ccccc1)c1ccccc1C. The van der Waals surface area contributed by atoms with Crippen LogP contribution in [0.2, 0.25) is 0 Å². The van der Waals surface area contributed by atoms with E-state index in [4.69, 9.17) is 9.98 Å². The molecule has 0 unspecified atom stereocenters. The number of hydrogen-bond acceptors (Lipinski definition) is 2. The van der Waals surface area contributed by atoms with Gasteiger partial charge >= 0.3 is 0 Å². The van der Waals surface area contributed by atoms with Crippen LogP contribution in [-0.2, 0) is 0 Å². The second kappa shape index (κ2) is 14.8. The lowest BCUT2D eigenvalue weighted by Gasteiger charge is -2.28. The molecule has 0 aliphatic carbocycles. The summed E-state index contributed by atoms with van der Waals surface area (Å²) in [6.07, 6.45) is 0. The van der Waals surface area contributed by atoms with E-state index >= 15 is 0 Å². The highest BCUT2D eigenvalue weighted by Crippen LogP contribution is 2.44. The van der Waals surface area contributed by atoms with Crippen molar-refractivity contribution in [3.8, 4) is 39.3 Å². The van der Waals surface area contributed by atoms with E-state index in [1.165, 1.54) is 43.8 Å². The van der Waals surface area contributed by atoms with E-state index in [1.807, 2.05) is 7.05 Å². The number of aliphatic imine (C=N–C) groups is 1. The van der Waals surface area contributed by atoms with Gasteiger partial charge in [-0.2, -0.15) is 0 Å². The molecule has 0 amide bonds. The molecule has 10 aromatic rings. The minimum atomic E-state index is 0.889. The van der Waals surface area contributed by atoms with Crippen molar-refractivity contribution in [3.05, 3.63) is 217 Å². The summed E-state index contributed by atoms with van der Waals surface area (Å²) in [6.45, 7) is 2.15. The van der Waals surface area contributed by atoms with Gasteiger partial charge in [0.1, 0.15) is 11.7 Å². The molecule has 58 heavy (non-hydrogen) atoms. The monoisotopic (exact) mass is 744 g/mol. The number of rotatable bonds is 7. The minimum absolute atomic E-state index is 0.889. The van der Waals surface area contributed by atoms with Crippen LogP contribution in [0.25, 0.3) is 71.9 Å². The van der Waals surface area contributed by atoms with Crippen LogP contribution in [0.1, 0.15) is 11.1 Å². The zero-order valence-corrected chi connectivity index (χ0v) is 32.4. The average Bonchev–Trinajstić information content (AvgIpc) is 3.68. The zero-order chi connectivity index (χ0) is 39.0. The van der Waals surface area contributed by atoms with Gasteiger partial charge in [-0.3, -0.25) is 14.5 Å². The first-order valence-electron chi connectivity index (χ1n) is 19.7. The van der Waals surface area contributed by atoms with E-state index < -0.39 is 0 Å². The molecule has 1 heterocycles. The van der Waals surface area contributed by atoms with Crippen molar-refractivity contribution < 1.29 is 0 Å². The maximum atomic E-state index is 5.13. The van der Waals surface area contributed by atoms with Crippen LogP contribution in [0.5, 0.6) is 0 Å². The molecule has 0 spiro atoms. The van der Waals surface area contributed by atoms with Gasteiger partial charge < -0.3 is 0 Å². The predicted octanol–water partition coefficient (Wildman–Crippen LogP) is 13.9. The molecule has 1 aromatic heterocycles. The first-order chi connectivity index (χ1) is 28.7. The van der Waals surface area contributed by atoms with Crippen LogP contribution in [0.4, 0.5) is 11.4 Å². The van der Waals surface area contributed by atoms with Crippen LogP contribution in [-0.4, -0.2) is 22.4 Å². The molecule has 9 aromatic carbocycles. The molecule has 0 aliphatic rings. The number of anilines is 2. The molecular weight excluding hydrogens is 705 g/mol. The summed E-state index contributed by atoms with van der Waals surface area (Å²) in [5.41, 5.74) is 13.4. The highest BCUT2D eigenvalue weighted by Gasteiger charge is 2.21. The van der Waals surface area contributed by atoms with Gasteiger partial charge in [-0.05, 0) is 98.8 Å². The number of imidazole rings is 1. The van der Waals surface area contributed by atoms with E-state index in [1.54, 1.807) is 0 Å². The molecule has 0 radical (unpaired) electrons. The van der Waals surface area contributed by atoms with E-state index in [0.717, 1.165) is 56.4 Å². The van der Waals surface area contributed by atoms with Gasteiger partial charge in [0, 0.05) is 29.5 Å². The highest BCUT2D eigenvalue weighted by atomic mass is 15.2. The van der Waals surface area contributed by atoms with Crippen molar-refractivity contribution in [2.45, 2.75) is 6.92 Å². The van der Waals surface area contributed by atoms with Crippen molar-refractivity contribution in [1.29, 1.82) is 0 Å². The van der Waals surface area contributed by atoms with Crippen molar-refractivity contribution in [3.63, 3.8) is 0 Å². The minimum Gasteiger partial charge on any atom is -0.295 e. The van der Waals surface area contributed by atoms with Crippen LogP contribution in [0.15, 0.2) is 211 Å². The van der Waals surface area contributed by atoms with Crippen LogP contribution >= 0.6 is 0 Å². The summed E-state index contributed by atoms with van der Waals surface area (Å²) in [4.78, 5) is 12.3. The highest BCUT2D eigenvalue weighted by molar-refractivity contribution is 6.22. The lowest BCUT2D eigenvalue weighted by atomic mass is 9.85. The summed E-state index contributed by atoms with van der Waals surface area (Å²) in [5.74, 6) is 1.81. The molecule has 4 nitrogen and oxygen atoms in total. The maximum absolute atomic E-state index is 5.13. The first kappa shape index (κ1) is 34.9. The van der Waals surface area contributed by atoms with Crippen molar-refractivity contribution in [2.24, 2.45) is 4.99 Å². The fourth-order valence-electron chi connectivity index (χ4n) is 8.51. The molecule has 10 rings (SSSR count). The number of nitrogens with zero attached hydrogens (tertiary/aromatic N) is 4. The fourth-order valence-corrected chi connectivity index (χ4v) is 8.51. The Morgan fingerprint density at radius 3 is 1.55 bits per heavy atom. The molecular formula is C54H40N4. The topological polar surface area (TPSA) is 33.4 Å². The largest absolute Gasteiger partial charge is 0.295 e. The molecule has 0 aliphatic heterocycles. The third-order valence-electron chi connectivity index (χ3n) is 11.2. The first-order valence-corrected chi connectivity index (χ1v) is 19.7. The second-order valence-electron chi connectivity index (χ2n) is 14.6. The second-order valence-corrected chi connectivity index (χ2v) is 14.6. The molecule has 0 saturated carbocycles. The normalized spacial score (nSPS) is 11.7. The van der Waals surface area contributed by atoms with E-state index in [0.29, 0.717) is 0 Å². The third-order valence-corrected chi connectivity index (χ3v) is 11.2. The Morgan fingerprint density at radius 2 is 0.966 bits per heavy atom. The van der Waals surface area contributed by atoms with Crippen LogP contribution in [0.3, 0.4) is 0 Å². The Kier molecular flexibility index (Phi) is 8.92. The number of para-hydroxylation sites is 5. The fraction of sp³-hybridized carbons (Fsp3) is 0.0370. The van der Waals surface area contributed by atoms with Gasteiger partial charge in [0.15, 0.2) is 0 Å². The molecule has 0 atom stereocenters. The Hall–Kier alpha value is -7.56. The lowest BCUT2D eigenvalue weighted by Crippen LogP contribution is -2.27. The summed E-state index contributed by atoms with van der Waals surface area (Å²) in [7, 11) is 1.88. The number of aromatic nitrogens is 2. The summed E-state index contributed by atoms with van der Waals surface area (Å²) in [6, 6.07) is 73.3. The average molecular weight is 745 g/mol. The Balaban J connectivity index is 1.08. The standard InChI is InChI=1S/C54H40N4/c1-37-17-9-15-27-49(37)57(42-18-5-3-6-19-42)53(55-2)40-33-29-38(30-34-40)51-44-22-10-12-24-46(44)52(47-25-13-11-23-45(47)51)39-31-35-41(36-32-39)54-56-48-26-14-16-28-50(48)58(54)43-20-7-4-8-21-43/h3-36H,1-2H3. The van der Waals surface area contributed by atoms with Gasteiger partial charge in [0.05, 0.1) is 16.7 Å². The molecule has 0 fully saturated rings. The number of amidine groups is 1. The molecule has 0 bridgehead atoms. The van der Waals surface area contributed by atoms with Crippen LogP contribution < -0.4 is 4.90 Å². The number of fused-ring (bicyclic) bond motifs is 3. The molecule has 276 valence electrons. The summed E-state index contributed by atoms with van der Waals surface area (Å²) in [5, 5.41) is 4.87. The Bertz CT molecular complexity index is 3050. The lowest BCUT2D eigenvalue weighted by molar-refractivity contribution is 1.10. The Morgan fingerprint density at radius 1 is 0.483 bits per heavy atom. The zero-order valence-electron chi connectivity index (χ0n) is 32.4. The number of aryl methyl sites for hydroxylation is 1. The van der Waals surface area contributed by atoms with Gasteiger partial charge in [0.2, 0.25) is 0 Å². The van der Waals surface area contributed by atoms with Gasteiger partial charge in [-0.15, -0.1) is 0 Å². The van der Waals surface area contributed by atoms with Crippen molar-refractivity contribution in [1.82, 2.24) is 9.55 Å². The molecule has 4 heteroatoms. The number of benzene rings is 9. The van der Waals surface area contributed by atoms with E-state index in [-0.39, 0.29) is 0 Å². The maximum Gasteiger partial charge on any atom is 0.145 e. The van der Waals surface area contributed by atoms with Crippen molar-refractivity contribution in [2.75, 3.05) is 11.9 Å². The van der Waals surface area contributed by atoms with Gasteiger partial charge in [-0.25, -0.2) is 4.98 Å². The van der Waals surface area contributed by atoms with Crippen molar-refractivity contribution >= 4 is 49.8 Å². The third kappa shape index (κ3) is 6.03. The molecule has 0 N–H and O–H groups in total. The van der Waals surface area contributed by atoms with Gasteiger partial charge in [0.25, 0.3) is 0 Å². The molecule has 0 saturated heterocycles. The summed E-state index contributed by atoms with van der Waals surface area (Å²) >= 11 is 0. The van der Waals surface area contributed by atoms with E-state index in [2.05, 4.69) is 223 Å². The summed E-state index contributed by atoms with van der Waals surface area (Å²) < 4.78 is 2.26. The van der Waals surface area contributed by atoms with Gasteiger partial charge in [-0.1, -0.05) is 164 Å². The predicted molar refractivity (Wildman–Crippen MR) is 245 cm³/mol. The number of hydrogen-bond donors (Lipinski definition) is 0. The van der Waals surface area contributed by atoms with Crippen LogP contribution in [0, 0.1) is 6.92 Å². The quantitative estimate of drug-likeness (QED) is 0.0925. The van der Waals surface area contributed by atoms with E-state index in [9.17, 15) is 0 Å². The Labute approximate surface area is 338 Å².